The number of fused-ring (bicyclic) bond motifs is 8. The smallest absolute Gasteiger partial charge is 1.00 e. The molecule has 5 heterocycles. The van der Waals surface area contributed by atoms with Gasteiger partial charge in [0.2, 0.25) is 0 Å². The van der Waals surface area contributed by atoms with Crippen molar-refractivity contribution in [1.82, 2.24) is 19.9 Å². The number of nitrogens with zero attached hydrogens (tertiary/aromatic N) is 2. The van der Waals surface area contributed by atoms with Crippen LogP contribution in [0.2, 0.25) is 0 Å². The molecule has 3 aromatic heterocycles. The molecule has 7 aromatic rings. The molecule has 4 aromatic carbocycles. The molecule has 9 rings (SSSR count). The van der Waals surface area contributed by atoms with Crippen molar-refractivity contribution in [2.45, 2.75) is 0 Å². The Morgan fingerprint density at radius 3 is 0.717 bits per heavy atom. The minimum absolute atomic E-state index is 0. The van der Waals surface area contributed by atoms with Gasteiger partial charge in [-0.15, -0.1) is 0 Å². The van der Waals surface area contributed by atoms with Crippen molar-refractivity contribution in [2.24, 2.45) is 0 Å². The van der Waals surface area contributed by atoms with Crippen LogP contribution in [0.5, 0.6) is 0 Å². The molecule has 8 bridgehead atoms. The summed E-state index contributed by atoms with van der Waals surface area (Å²) in [6.45, 7) is 0. The van der Waals surface area contributed by atoms with Crippen molar-refractivity contribution < 1.29 is 57.6 Å². The van der Waals surface area contributed by atoms with E-state index in [1.165, 1.54) is 0 Å². The van der Waals surface area contributed by atoms with Gasteiger partial charge in [-0.2, -0.15) is 0 Å². The van der Waals surface area contributed by atoms with E-state index in [9.17, 15) is 0 Å². The number of aromatic amines is 2. The van der Waals surface area contributed by atoms with E-state index in [-0.39, 0.29) is 57.6 Å². The van der Waals surface area contributed by atoms with Crippen LogP contribution in [0.25, 0.3) is 46.4 Å². The zero-order valence-electron chi connectivity index (χ0n) is 31.5. The van der Waals surface area contributed by atoms with Crippen molar-refractivity contribution in [1.29, 1.82) is 0 Å². The summed E-state index contributed by atoms with van der Waals surface area (Å²) in [6, 6.07) is 48.0. The zero-order chi connectivity index (χ0) is 37.5. The minimum atomic E-state index is 0. The molecule has 0 aliphatic carbocycles. The Bertz CT molecular complexity index is 2720. The van der Waals surface area contributed by atoms with E-state index >= 15 is 0 Å². The Kier molecular flexibility index (Phi) is 15.4. The van der Waals surface area contributed by atoms with Gasteiger partial charge in [0.25, 0.3) is 0 Å². The summed E-state index contributed by atoms with van der Waals surface area (Å²) >= 11 is 0. The maximum absolute atomic E-state index is 5.19. The topological polar surface area (TPSA) is 57.4 Å². The van der Waals surface area contributed by atoms with Gasteiger partial charge in [0.15, 0.2) is 0 Å². The molecule has 2 N–H and O–H groups in total. The molecule has 2 aliphatic rings. The van der Waals surface area contributed by atoms with Crippen LogP contribution in [0.3, 0.4) is 0 Å². The Hall–Kier alpha value is -6.75. The fraction of sp³-hybridized carbons (Fsp3) is 0. The SMILES string of the molecule is C(#Cc1c2nc(c(C#Cc3ccccc3)c3ccc([nH]3)c(C#Cc3ccccc3)c3nc(c(C#Cc4ccccc4)c4ccc1[nH]4)C=C3)C=C2)c1ccccc1.[Cl-].[Cl-].[Cl-].[Pd+3]. The predicted octanol–water partition coefficient (Wildman–Crippen LogP) is 1.26. The summed E-state index contributed by atoms with van der Waals surface area (Å²) < 4.78 is 0. The Balaban J connectivity index is 0.00000171. The summed E-state index contributed by atoms with van der Waals surface area (Å²) in [7, 11) is 0. The fourth-order valence-electron chi connectivity index (χ4n) is 6.36. The Morgan fingerprint density at radius 1 is 0.283 bits per heavy atom. The largest absolute Gasteiger partial charge is 3.00 e. The van der Waals surface area contributed by atoms with Gasteiger partial charge >= 0.3 is 20.4 Å². The average molecular weight is 924 g/mol. The molecule has 4 nitrogen and oxygen atoms in total. The molecule has 0 unspecified atom stereocenters. The van der Waals surface area contributed by atoms with Gasteiger partial charge in [-0.25, -0.2) is 9.97 Å². The van der Waals surface area contributed by atoms with Crippen molar-refractivity contribution in [3.8, 4) is 47.4 Å². The van der Waals surface area contributed by atoms with Crippen molar-refractivity contribution in [3.05, 3.63) is 213 Å². The van der Waals surface area contributed by atoms with Crippen LogP contribution >= 0.6 is 0 Å². The van der Waals surface area contributed by atoms with Crippen molar-refractivity contribution >= 4 is 46.4 Å². The summed E-state index contributed by atoms with van der Waals surface area (Å²) in [5, 5.41) is 0. The van der Waals surface area contributed by atoms with E-state index in [0.717, 1.165) is 89.4 Å². The van der Waals surface area contributed by atoms with Gasteiger partial charge in [-0.05, 0) is 97.1 Å². The molecule has 0 spiro atoms. The number of nitrogens with one attached hydrogen (secondary N) is 2. The summed E-state index contributed by atoms with van der Waals surface area (Å²) in [5.41, 5.74) is 12.8. The molecule has 60 heavy (non-hydrogen) atoms. The average Bonchev–Trinajstić information content (AvgIpc) is 4.10. The van der Waals surface area contributed by atoms with Gasteiger partial charge in [-0.1, -0.05) is 120 Å². The molecule has 0 fully saturated rings. The van der Waals surface area contributed by atoms with E-state index in [0.29, 0.717) is 0 Å². The van der Waals surface area contributed by atoms with E-state index in [2.05, 4.69) is 57.3 Å². The molecule has 2 aliphatic heterocycles. The van der Waals surface area contributed by atoms with E-state index in [1.807, 2.05) is 170 Å². The summed E-state index contributed by atoms with van der Waals surface area (Å²) in [5.74, 6) is 27.2. The maximum atomic E-state index is 5.19. The first-order valence-electron chi connectivity index (χ1n) is 18.2. The third-order valence-electron chi connectivity index (χ3n) is 9.18. The number of aromatic nitrogens is 4. The van der Waals surface area contributed by atoms with Crippen LogP contribution in [0, 0.1) is 47.4 Å². The van der Waals surface area contributed by atoms with Gasteiger partial charge in [0.1, 0.15) is 0 Å². The minimum Gasteiger partial charge on any atom is -1.00 e. The van der Waals surface area contributed by atoms with Crippen molar-refractivity contribution in [3.63, 3.8) is 0 Å². The number of rotatable bonds is 0. The monoisotopic (exact) mass is 921 g/mol. The molecule has 0 saturated carbocycles. The van der Waals surface area contributed by atoms with E-state index in [4.69, 9.17) is 9.97 Å². The van der Waals surface area contributed by atoms with Gasteiger partial charge < -0.3 is 47.2 Å². The van der Waals surface area contributed by atoms with Crippen molar-refractivity contribution in [2.75, 3.05) is 0 Å². The second-order valence-electron chi connectivity index (χ2n) is 13.0. The van der Waals surface area contributed by atoms with Crippen LogP contribution in [0.4, 0.5) is 0 Å². The second kappa shape index (κ2) is 20.8. The van der Waals surface area contributed by atoms with Gasteiger partial charge in [0, 0.05) is 22.3 Å². The molecule has 0 amide bonds. The molecular formula is C52H30Cl3N4Pd. The van der Waals surface area contributed by atoms with Crippen LogP contribution in [0.15, 0.2) is 146 Å². The molecule has 8 heteroatoms. The van der Waals surface area contributed by atoms with Crippen LogP contribution in [0.1, 0.15) is 67.3 Å². The first-order chi connectivity index (χ1) is 27.7. The van der Waals surface area contributed by atoms with Crippen LogP contribution < -0.4 is 37.2 Å². The van der Waals surface area contributed by atoms with E-state index < -0.39 is 0 Å². The van der Waals surface area contributed by atoms with Crippen LogP contribution in [-0.2, 0) is 20.4 Å². The number of benzene rings is 4. The third kappa shape index (κ3) is 10.1. The number of H-pyrrole nitrogens is 2. The molecule has 1 radical (unpaired) electrons. The molecular weight excluding hydrogens is 893 g/mol. The number of hydrogen-bond acceptors (Lipinski definition) is 2. The number of halogens is 3. The number of hydrogen-bond donors (Lipinski definition) is 2. The molecule has 0 saturated heterocycles. The first kappa shape index (κ1) is 44.4. The van der Waals surface area contributed by atoms with Gasteiger partial charge in [0.05, 0.1) is 67.1 Å². The Morgan fingerprint density at radius 2 is 0.500 bits per heavy atom. The summed E-state index contributed by atoms with van der Waals surface area (Å²) in [6.07, 6.45) is 8.02. The first-order valence-corrected chi connectivity index (χ1v) is 18.2. The van der Waals surface area contributed by atoms with Gasteiger partial charge in [-0.3, -0.25) is 0 Å². The quantitative estimate of drug-likeness (QED) is 0.178. The summed E-state index contributed by atoms with van der Waals surface area (Å²) in [4.78, 5) is 17.7. The maximum Gasteiger partial charge on any atom is 3.00 e. The van der Waals surface area contributed by atoms with E-state index in [1.54, 1.807) is 0 Å². The predicted molar refractivity (Wildman–Crippen MR) is 229 cm³/mol. The Labute approximate surface area is 381 Å². The second-order valence-corrected chi connectivity index (χ2v) is 13.0. The van der Waals surface area contributed by atoms with Crippen LogP contribution in [-0.4, -0.2) is 19.9 Å². The standard InChI is InChI=1S/C52H30N4.3ClH.Pd/c1-5-13-37(14-6-1)21-25-41-45-29-31-47(53-45)42(26-22-38-15-7-2-8-16-38)49-33-35-51(55-49)44(28-24-40-19-11-4-12-20-40)52-36-34-50(56-52)43(48-32-30-46(41)54-48)27-23-39-17-9-3-10-18-39;;;;/h1-20,29-36,53,56H;3*1H;/q;;;;+3/p-3. The normalized spacial score (nSPS) is 10.1. The molecule has 289 valence electrons. The fourth-order valence-corrected chi connectivity index (χ4v) is 6.36. The zero-order valence-corrected chi connectivity index (χ0v) is 35.3. The molecule has 0 atom stereocenters. The third-order valence-corrected chi connectivity index (χ3v) is 9.18.